The lowest BCUT2D eigenvalue weighted by Gasteiger charge is -2.24. The van der Waals surface area contributed by atoms with Crippen LogP contribution in [0.1, 0.15) is 31.1 Å². The first-order valence-electron chi connectivity index (χ1n) is 6.56. The van der Waals surface area contributed by atoms with Gasteiger partial charge in [-0.2, -0.15) is 0 Å². The molecule has 0 bridgehead atoms. The summed E-state index contributed by atoms with van der Waals surface area (Å²) in [6.07, 6.45) is 0. The zero-order valence-electron chi connectivity index (χ0n) is 13.0. The van der Waals surface area contributed by atoms with E-state index in [1.54, 1.807) is 6.92 Å². The van der Waals surface area contributed by atoms with Crippen LogP contribution in [0.3, 0.4) is 0 Å². The largest absolute Gasteiger partial charge is 0.468 e. The molecule has 0 spiro atoms. The van der Waals surface area contributed by atoms with Gasteiger partial charge in [-0.05, 0) is 26.8 Å². The number of methoxy groups -OCH3 is 1. The number of nitro benzene ring substituents is 1. The number of halogens is 1. The maximum absolute atomic E-state index is 11.9. The number of nitrogens with zero attached hydrogens (tertiary/aromatic N) is 1. The maximum Gasteiger partial charge on any atom is 0.349 e. The van der Waals surface area contributed by atoms with Crippen molar-refractivity contribution in [3.63, 3.8) is 0 Å². The highest BCUT2D eigenvalue weighted by Crippen LogP contribution is 2.37. The number of esters is 2. The third kappa shape index (κ3) is 4.32. The van der Waals surface area contributed by atoms with E-state index in [0.29, 0.717) is 0 Å². The van der Waals surface area contributed by atoms with Crippen LogP contribution >= 0.6 is 11.6 Å². The van der Waals surface area contributed by atoms with Gasteiger partial charge in [0.15, 0.2) is 0 Å². The minimum atomic E-state index is -1.56. The van der Waals surface area contributed by atoms with E-state index < -0.39 is 33.9 Å². The molecule has 0 unspecified atom stereocenters. The molecule has 0 aromatic heterocycles. The Balaban J connectivity index is 3.45. The van der Waals surface area contributed by atoms with Crippen LogP contribution in [-0.4, -0.2) is 36.2 Å². The van der Waals surface area contributed by atoms with Crippen LogP contribution in [-0.2, 0) is 14.3 Å². The number of hydrogen-bond donors (Lipinski definition) is 0. The van der Waals surface area contributed by atoms with Gasteiger partial charge < -0.3 is 14.2 Å². The summed E-state index contributed by atoms with van der Waals surface area (Å²) >= 11 is 5.79. The summed E-state index contributed by atoms with van der Waals surface area (Å²) in [6.45, 7) is 4.45. The van der Waals surface area contributed by atoms with Crippen molar-refractivity contribution >= 4 is 29.2 Å². The number of benzene rings is 1. The van der Waals surface area contributed by atoms with E-state index in [9.17, 15) is 19.7 Å². The number of ether oxygens (including phenoxy) is 3. The van der Waals surface area contributed by atoms with Crippen LogP contribution < -0.4 is 4.74 Å². The Kier molecular flexibility index (Phi) is 5.91. The van der Waals surface area contributed by atoms with Crippen molar-refractivity contribution < 1.29 is 28.7 Å². The lowest BCUT2D eigenvalue weighted by Crippen LogP contribution is -2.40. The average Bonchev–Trinajstić information content (AvgIpc) is 2.47. The van der Waals surface area contributed by atoms with Crippen LogP contribution in [0.2, 0.25) is 5.02 Å². The highest BCUT2D eigenvalue weighted by Gasteiger charge is 2.36. The SMILES string of the molecule is CCOC(=O)C(C)(C)Oc1c(C(=O)OC)cc(Cl)cc1[N+](=O)[O-]. The van der Waals surface area contributed by atoms with E-state index in [-0.39, 0.29) is 17.2 Å². The van der Waals surface area contributed by atoms with Crippen molar-refractivity contribution in [2.75, 3.05) is 13.7 Å². The van der Waals surface area contributed by atoms with Crippen LogP contribution in [0.4, 0.5) is 5.69 Å². The summed E-state index contributed by atoms with van der Waals surface area (Å²) in [5.41, 5.74) is -2.38. The standard InChI is InChI=1S/C14H16ClNO7/c1-5-22-13(18)14(2,3)23-11-9(12(17)21-4)6-8(15)7-10(11)16(19)20/h6-7H,5H2,1-4H3. The molecule has 9 heteroatoms. The number of nitro groups is 1. The highest BCUT2D eigenvalue weighted by molar-refractivity contribution is 6.31. The molecule has 126 valence electrons. The molecular formula is C14H16ClNO7. The number of hydrogen-bond acceptors (Lipinski definition) is 7. The van der Waals surface area contributed by atoms with Gasteiger partial charge in [0.2, 0.25) is 11.4 Å². The van der Waals surface area contributed by atoms with E-state index in [4.69, 9.17) is 21.1 Å². The van der Waals surface area contributed by atoms with Gasteiger partial charge in [-0.25, -0.2) is 9.59 Å². The van der Waals surface area contributed by atoms with Crippen LogP contribution in [0.15, 0.2) is 12.1 Å². The monoisotopic (exact) mass is 345 g/mol. The quantitative estimate of drug-likeness (QED) is 0.443. The van der Waals surface area contributed by atoms with Gasteiger partial charge in [-0.3, -0.25) is 10.1 Å². The van der Waals surface area contributed by atoms with Gasteiger partial charge in [0.1, 0.15) is 5.56 Å². The van der Waals surface area contributed by atoms with Gasteiger partial charge in [0, 0.05) is 11.1 Å². The molecule has 1 rings (SSSR count). The Morgan fingerprint density at radius 3 is 2.43 bits per heavy atom. The lowest BCUT2D eigenvalue weighted by atomic mass is 10.1. The molecule has 1 aromatic carbocycles. The normalized spacial score (nSPS) is 10.8. The summed E-state index contributed by atoms with van der Waals surface area (Å²) in [5, 5.41) is 11.2. The fraction of sp³-hybridized carbons (Fsp3) is 0.429. The van der Waals surface area contributed by atoms with Crippen molar-refractivity contribution in [2.24, 2.45) is 0 Å². The predicted molar refractivity (Wildman–Crippen MR) is 80.8 cm³/mol. The van der Waals surface area contributed by atoms with Gasteiger partial charge in [-0.1, -0.05) is 11.6 Å². The highest BCUT2D eigenvalue weighted by atomic mass is 35.5. The summed E-state index contributed by atoms with van der Waals surface area (Å²) < 4.78 is 14.9. The lowest BCUT2D eigenvalue weighted by molar-refractivity contribution is -0.386. The average molecular weight is 346 g/mol. The second-order valence-corrected chi connectivity index (χ2v) is 5.32. The topological polar surface area (TPSA) is 105 Å². The van der Waals surface area contributed by atoms with Crippen molar-refractivity contribution in [3.8, 4) is 5.75 Å². The minimum Gasteiger partial charge on any atom is -0.468 e. The molecule has 0 saturated carbocycles. The smallest absolute Gasteiger partial charge is 0.349 e. The number of carbonyl (C=O) groups excluding carboxylic acids is 2. The molecule has 0 aliphatic rings. The maximum atomic E-state index is 11.9. The summed E-state index contributed by atoms with van der Waals surface area (Å²) in [7, 11) is 1.11. The molecule has 0 radical (unpaired) electrons. The fourth-order valence-electron chi connectivity index (χ4n) is 1.69. The van der Waals surface area contributed by atoms with Crippen molar-refractivity contribution in [2.45, 2.75) is 26.4 Å². The van der Waals surface area contributed by atoms with Crippen LogP contribution in [0.5, 0.6) is 5.75 Å². The summed E-state index contributed by atoms with van der Waals surface area (Å²) in [6, 6.07) is 2.18. The molecule has 0 aliphatic heterocycles. The second-order valence-electron chi connectivity index (χ2n) is 4.88. The van der Waals surface area contributed by atoms with E-state index in [2.05, 4.69) is 4.74 Å². The first-order chi connectivity index (χ1) is 10.6. The predicted octanol–water partition coefficient (Wildman–Crippen LogP) is 2.76. The molecule has 8 nitrogen and oxygen atoms in total. The first-order valence-corrected chi connectivity index (χ1v) is 6.94. The molecule has 0 amide bonds. The molecule has 0 heterocycles. The van der Waals surface area contributed by atoms with Gasteiger partial charge in [0.05, 0.1) is 18.6 Å². The Morgan fingerprint density at radius 1 is 1.35 bits per heavy atom. The molecule has 23 heavy (non-hydrogen) atoms. The molecule has 0 aliphatic carbocycles. The summed E-state index contributed by atoms with van der Waals surface area (Å²) in [5.74, 6) is -2.03. The van der Waals surface area contributed by atoms with Crippen LogP contribution in [0.25, 0.3) is 0 Å². The fourth-order valence-corrected chi connectivity index (χ4v) is 1.90. The Hall–Kier alpha value is -2.35. The molecular weight excluding hydrogens is 330 g/mol. The van der Waals surface area contributed by atoms with Crippen LogP contribution in [0, 0.1) is 10.1 Å². The van der Waals surface area contributed by atoms with Gasteiger partial charge in [0.25, 0.3) is 0 Å². The van der Waals surface area contributed by atoms with Gasteiger partial charge in [-0.15, -0.1) is 0 Å². The molecule has 1 aromatic rings. The van der Waals surface area contributed by atoms with Crippen molar-refractivity contribution in [3.05, 3.63) is 32.8 Å². The second kappa shape index (κ2) is 7.28. The third-order valence-electron chi connectivity index (χ3n) is 2.76. The minimum absolute atomic E-state index is 0.0432. The number of carbonyl (C=O) groups is 2. The van der Waals surface area contributed by atoms with E-state index in [0.717, 1.165) is 19.2 Å². The molecule has 0 atom stereocenters. The molecule has 0 fully saturated rings. The summed E-state index contributed by atoms with van der Waals surface area (Å²) in [4.78, 5) is 34.2. The number of rotatable bonds is 6. The first kappa shape index (κ1) is 18.7. The van der Waals surface area contributed by atoms with Gasteiger partial charge >= 0.3 is 17.6 Å². The van der Waals surface area contributed by atoms with Crippen molar-refractivity contribution in [1.29, 1.82) is 0 Å². The molecule has 0 saturated heterocycles. The van der Waals surface area contributed by atoms with E-state index in [1.807, 2.05) is 0 Å². The van der Waals surface area contributed by atoms with Crippen molar-refractivity contribution in [1.82, 2.24) is 0 Å². The Morgan fingerprint density at radius 2 is 1.96 bits per heavy atom. The third-order valence-corrected chi connectivity index (χ3v) is 2.98. The Bertz CT molecular complexity index is 642. The van der Waals surface area contributed by atoms with E-state index >= 15 is 0 Å². The van der Waals surface area contributed by atoms with E-state index in [1.165, 1.54) is 13.8 Å². The molecule has 0 N–H and O–H groups in total. The Labute approximate surface area is 137 Å². The zero-order valence-corrected chi connectivity index (χ0v) is 13.8. The zero-order chi connectivity index (χ0) is 17.8.